The van der Waals surface area contributed by atoms with E-state index in [2.05, 4.69) is 16.4 Å². The van der Waals surface area contributed by atoms with Crippen LogP contribution in [0.5, 0.6) is 0 Å². The number of anilines is 1. The van der Waals surface area contributed by atoms with Crippen molar-refractivity contribution in [2.45, 2.75) is 26.8 Å². The lowest BCUT2D eigenvalue weighted by atomic mass is 10.1. The summed E-state index contributed by atoms with van der Waals surface area (Å²) in [6.45, 7) is 5.72. The predicted molar refractivity (Wildman–Crippen MR) is 86.9 cm³/mol. The molecule has 5 heteroatoms. The van der Waals surface area contributed by atoms with Crippen molar-refractivity contribution in [1.82, 2.24) is 4.98 Å². The van der Waals surface area contributed by atoms with E-state index in [1.807, 2.05) is 32.9 Å². The number of nitrogens with zero attached hydrogens (tertiary/aromatic N) is 2. The van der Waals surface area contributed by atoms with Gasteiger partial charge >= 0.3 is 0 Å². The zero-order valence-corrected chi connectivity index (χ0v) is 13.5. The third-order valence-corrected chi connectivity index (χ3v) is 3.80. The molecular formula is C16H15Cl2N3. The highest BCUT2D eigenvalue weighted by Gasteiger charge is 2.14. The first kappa shape index (κ1) is 15.6. The van der Waals surface area contributed by atoms with Crippen LogP contribution in [0.25, 0.3) is 0 Å². The van der Waals surface area contributed by atoms with Crippen molar-refractivity contribution in [2.75, 3.05) is 5.32 Å². The molecule has 0 saturated carbocycles. The molecule has 0 aliphatic rings. The molecule has 108 valence electrons. The Morgan fingerprint density at radius 2 is 1.95 bits per heavy atom. The van der Waals surface area contributed by atoms with Crippen LogP contribution in [0.15, 0.2) is 24.3 Å². The number of hydrogen-bond acceptors (Lipinski definition) is 3. The van der Waals surface area contributed by atoms with Crippen molar-refractivity contribution in [2.24, 2.45) is 0 Å². The van der Waals surface area contributed by atoms with E-state index in [9.17, 15) is 5.26 Å². The average molecular weight is 320 g/mol. The topological polar surface area (TPSA) is 48.7 Å². The fourth-order valence-corrected chi connectivity index (χ4v) is 2.82. The summed E-state index contributed by atoms with van der Waals surface area (Å²) in [5, 5.41) is 13.8. The van der Waals surface area contributed by atoms with Crippen molar-refractivity contribution >= 4 is 28.9 Å². The Labute approximate surface area is 134 Å². The van der Waals surface area contributed by atoms with Crippen LogP contribution in [-0.2, 0) is 0 Å². The predicted octanol–water partition coefficient (Wildman–Crippen LogP) is 5.05. The van der Waals surface area contributed by atoms with Crippen molar-refractivity contribution in [3.8, 4) is 6.07 Å². The van der Waals surface area contributed by atoms with Crippen LogP contribution in [0.4, 0.5) is 5.69 Å². The number of halogens is 2. The van der Waals surface area contributed by atoms with E-state index in [0.717, 1.165) is 22.6 Å². The largest absolute Gasteiger partial charge is 0.377 e. The zero-order chi connectivity index (χ0) is 15.6. The minimum atomic E-state index is -0.0527. The maximum Gasteiger partial charge on any atom is 0.103 e. The lowest BCUT2D eigenvalue weighted by Gasteiger charge is -2.19. The van der Waals surface area contributed by atoms with Crippen molar-refractivity contribution < 1.29 is 0 Å². The Morgan fingerprint density at radius 1 is 1.24 bits per heavy atom. The van der Waals surface area contributed by atoms with E-state index in [4.69, 9.17) is 23.2 Å². The van der Waals surface area contributed by atoms with Crippen molar-refractivity contribution in [3.05, 3.63) is 56.8 Å². The summed E-state index contributed by atoms with van der Waals surface area (Å²) in [5.41, 5.74) is 3.83. The summed E-state index contributed by atoms with van der Waals surface area (Å²) in [6, 6.07) is 9.40. The number of rotatable bonds is 3. The maximum absolute atomic E-state index is 9.29. The standard InChI is InChI=1S/C16H15Cl2N3/c1-9-6-16(14(8-19)11(3)20-9)21-10(2)13-5-4-12(17)7-15(13)18/h4-7,10H,1-3H3,(H,20,21). The van der Waals surface area contributed by atoms with Gasteiger partial charge in [0.15, 0.2) is 0 Å². The van der Waals surface area contributed by atoms with Gasteiger partial charge in [0.05, 0.1) is 23.0 Å². The van der Waals surface area contributed by atoms with Gasteiger partial charge in [-0.15, -0.1) is 0 Å². The van der Waals surface area contributed by atoms with Gasteiger partial charge in [0.1, 0.15) is 6.07 Å². The molecule has 21 heavy (non-hydrogen) atoms. The first-order chi connectivity index (χ1) is 9.92. The van der Waals surface area contributed by atoms with E-state index in [0.29, 0.717) is 15.6 Å². The summed E-state index contributed by atoms with van der Waals surface area (Å²) >= 11 is 12.1. The Bertz CT molecular complexity index is 720. The first-order valence-electron chi connectivity index (χ1n) is 6.52. The van der Waals surface area contributed by atoms with Crippen LogP contribution in [-0.4, -0.2) is 4.98 Å². The number of nitrogens with one attached hydrogen (secondary N) is 1. The molecular weight excluding hydrogens is 305 g/mol. The Balaban J connectivity index is 2.36. The zero-order valence-electron chi connectivity index (χ0n) is 12.0. The van der Waals surface area contributed by atoms with Crippen LogP contribution in [0.2, 0.25) is 10.0 Å². The summed E-state index contributed by atoms with van der Waals surface area (Å²) < 4.78 is 0. The second kappa shape index (κ2) is 6.34. The fraction of sp³-hybridized carbons (Fsp3) is 0.250. The Morgan fingerprint density at radius 3 is 2.57 bits per heavy atom. The van der Waals surface area contributed by atoms with Crippen LogP contribution in [0, 0.1) is 25.2 Å². The highest BCUT2D eigenvalue weighted by Crippen LogP contribution is 2.30. The van der Waals surface area contributed by atoms with Gasteiger partial charge < -0.3 is 5.32 Å². The first-order valence-corrected chi connectivity index (χ1v) is 7.27. The summed E-state index contributed by atoms with van der Waals surface area (Å²) in [6.07, 6.45) is 0. The molecule has 2 rings (SSSR count). The molecule has 0 radical (unpaired) electrons. The number of pyridine rings is 1. The molecule has 1 heterocycles. The van der Waals surface area contributed by atoms with Gasteiger partial charge in [-0.3, -0.25) is 4.98 Å². The SMILES string of the molecule is Cc1cc(NC(C)c2ccc(Cl)cc2Cl)c(C#N)c(C)n1. The molecule has 0 spiro atoms. The molecule has 2 aromatic rings. The van der Waals surface area contributed by atoms with E-state index < -0.39 is 0 Å². The second-order valence-corrected chi connectivity index (χ2v) is 5.76. The Kier molecular flexibility index (Phi) is 4.72. The molecule has 0 bridgehead atoms. The van der Waals surface area contributed by atoms with Gasteiger partial charge in [0, 0.05) is 15.7 Å². The molecule has 0 amide bonds. The van der Waals surface area contributed by atoms with Gasteiger partial charge in [0.25, 0.3) is 0 Å². The van der Waals surface area contributed by atoms with E-state index >= 15 is 0 Å². The van der Waals surface area contributed by atoms with Gasteiger partial charge in [-0.05, 0) is 44.5 Å². The highest BCUT2D eigenvalue weighted by molar-refractivity contribution is 6.35. The molecule has 1 unspecified atom stereocenters. The number of benzene rings is 1. The van der Waals surface area contributed by atoms with Crippen LogP contribution in [0.3, 0.4) is 0 Å². The molecule has 0 fully saturated rings. The van der Waals surface area contributed by atoms with E-state index in [-0.39, 0.29) is 6.04 Å². The van der Waals surface area contributed by atoms with Gasteiger partial charge in [-0.2, -0.15) is 5.26 Å². The van der Waals surface area contributed by atoms with Crippen LogP contribution < -0.4 is 5.32 Å². The Hall–Kier alpha value is -1.76. The fourth-order valence-electron chi connectivity index (χ4n) is 2.25. The van der Waals surface area contributed by atoms with Gasteiger partial charge in [-0.1, -0.05) is 29.3 Å². The smallest absolute Gasteiger partial charge is 0.103 e. The minimum absolute atomic E-state index is 0.0527. The number of hydrogen-bond donors (Lipinski definition) is 1. The number of aromatic nitrogens is 1. The van der Waals surface area contributed by atoms with Crippen LogP contribution >= 0.6 is 23.2 Å². The maximum atomic E-state index is 9.29. The second-order valence-electron chi connectivity index (χ2n) is 4.92. The molecule has 1 aromatic heterocycles. The third-order valence-electron chi connectivity index (χ3n) is 3.24. The molecule has 3 nitrogen and oxygen atoms in total. The average Bonchev–Trinajstić information content (AvgIpc) is 2.37. The highest BCUT2D eigenvalue weighted by atomic mass is 35.5. The van der Waals surface area contributed by atoms with E-state index in [1.54, 1.807) is 12.1 Å². The lowest BCUT2D eigenvalue weighted by molar-refractivity contribution is 0.881. The van der Waals surface area contributed by atoms with Crippen molar-refractivity contribution in [3.63, 3.8) is 0 Å². The third kappa shape index (κ3) is 3.47. The minimum Gasteiger partial charge on any atom is -0.377 e. The molecule has 1 atom stereocenters. The molecule has 0 saturated heterocycles. The van der Waals surface area contributed by atoms with Crippen LogP contribution in [0.1, 0.15) is 35.5 Å². The summed E-state index contributed by atoms with van der Waals surface area (Å²) in [4.78, 5) is 4.31. The lowest BCUT2D eigenvalue weighted by Crippen LogP contribution is -2.10. The molecule has 1 N–H and O–H groups in total. The molecule has 1 aromatic carbocycles. The van der Waals surface area contributed by atoms with Gasteiger partial charge in [0.2, 0.25) is 0 Å². The quantitative estimate of drug-likeness (QED) is 0.861. The number of nitriles is 1. The van der Waals surface area contributed by atoms with Gasteiger partial charge in [-0.25, -0.2) is 0 Å². The van der Waals surface area contributed by atoms with E-state index in [1.165, 1.54) is 0 Å². The molecule has 0 aliphatic heterocycles. The number of aryl methyl sites for hydroxylation is 2. The molecule has 0 aliphatic carbocycles. The van der Waals surface area contributed by atoms with Crippen molar-refractivity contribution in [1.29, 1.82) is 5.26 Å². The summed E-state index contributed by atoms with van der Waals surface area (Å²) in [7, 11) is 0. The monoisotopic (exact) mass is 319 g/mol. The normalized spacial score (nSPS) is 11.8. The summed E-state index contributed by atoms with van der Waals surface area (Å²) in [5.74, 6) is 0.